The van der Waals surface area contributed by atoms with Crippen LogP contribution in [0.2, 0.25) is 0 Å². The van der Waals surface area contributed by atoms with Crippen molar-refractivity contribution in [3.05, 3.63) is 48.7 Å². The van der Waals surface area contributed by atoms with E-state index in [-0.39, 0.29) is 0 Å². The Balaban J connectivity index is 2.83. The summed E-state index contributed by atoms with van der Waals surface area (Å²) in [6.45, 7) is 6.95. The number of nitrogens with zero attached hydrogens (tertiary/aromatic N) is 1. The van der Waals surface area contributed by atoms with Gasteiger partial charge in [0, 0.05) is 23.6 Å². The summed E-state index contributed by atoms with van der Waals surface area (Å²) in [5, 5.41) is 1.28. The Hall–Kier alpha value is -1.63. The SMILES string of the molecule is C=Cc1ccc2ccccc2[n+]1CC. The highest BCUT2D eigenvalue weighted by atomic mass is 15.0. The number of pyridine rings is 1. The molecule has 1 aromatic heterocycles. The van der Waals surface area contributed by atoms with Gasteiger partial charge >= 0.3 is 0 Å². The van der Waals surface area contributed by atoms with Gasteiger partial charge in [-0.25, -0.2) is 0 Å². The van der Waals surface area contributed by atoms with Crippen LogP contribution in [0.3, 0.4) is 0 Å². The third-order valence-electron chi connectivity index (χ3n) is 2.50. The number of fused-ring (bicyclic) bond motifs is 1. The van der Waals surface area contributed by atoms with Crippen molar-refractivity contribution in [2.45, 2.75) is 13.5 Å². The van der Waals surface area contributed by atoms with E-state index in [1.54, 1.807) is 0 Å². The van der Waals surface area contributed by atoms with Crippen molar-refractivity contribution in [3.8, 4) is 0 Å². The molecule has 0 saturated heterocycles. The lowest BCUT2D eigenvalue weighted by Gasteiger charge is -2.01. The first-order chi connectivity index (χ1) is 6.86. The van der Waals surface area contributed by atoms with E-state index in [0.29, 0.717) is 0 Å². The van der Waals surface area contributed by atoms with Gasteiger partial charge in [-0.15, -0.1) is 0 Å². The van der Waals surface area contributed by atoms with E-state index >= 15 is 0 Å². The first kappa shape index (κ1) is 8.95. The first-order valence-corrected chi connectivity index (χ1v) is 4.91. The third kappa shape index (κ3) is 1.31. The van der Waals surface area contributed by atoms with Crippen LogP contribution in [-0.2, 0) is 6.54 Å². The van der Waals surface area contributed by atoms with Crippen molar-refractivity contribution in [2.24, 2.45) is 0 Å². The number of aromatic nitrogens is 1. The molecule has 0 radical (unpaired) electrons. The zero-order valence-corrected chi connectivity index (χ0v) is 8.40. The van der Waals surface area contributed by atoms with Gasteiger partial charge in [-0.1, -0.05) is 18.7 Å². The Labute approximate surface area is 84.3 Å². The fraction of sp³-hybridized carbons (Fsp3) is 0.154. The van der Waals surface area contributed by atoms with Crippen LogP contribution < -0.4 is 4.57 Å². The van der Waals surface area contributed by atoms with Crippen LogP contribution in [0.25, 0.3) is 17.0 Å². The Kier molecular flexibility index (Phi) is 2.32. The maximum Gasteiger partial charge on any atom is 0.212 e. The minimum Gasteiger partial charge on any atom is -0.192 e. The largest absolute Gasteiger partial charge is 0.212 e. The van der Waals surface area contributed by atoms with Crippen LogP contribution in [-0.4, -0.2) is 0 Å². The highest BCUT2D eigenvalue weighted by Crippen LogP contribution is 2.10. The molecule has 70 valence electrons. The number of para-hydroxylation sites is 1. The minimum absolute atomic E-state index is 0.975. The van der Waals surface area contributed by atoms with E-state index in [4.69, 9.17) is 0 Å². The lowest BCUT2D eigenvalue weighted by molar-refractivity contribution is -0.669. The minimum atomic E-state index is 0.975. The highest BCUT2D eigenvalue weighted by molar-refractivity contribution is 5.75. The van der Waals surface area contributed by atoms with Crippen LogP contribution in [0.15, 0.2) is 43.0 Å². The van der Waals surface area contributed by atoms with Crippen molar-refractivity contribution in [3.63, 3.8) is 0 Å². The average molecular weight is 184 g/mol. The van der Waals surface area contributed by atoms with Gasteiger partial charge in [0.2, 0.25) is 11.2 Å². The molecule has 0 amide bonds. The van der Waals surface area contributed by atoms with Gasteiger partial charge in [-0.05, 0) is 19.1 Å². The number of hydrogen-bond acceptors (Lipinski definition) is 0. The van der Waals surface area contributed by atoms with Gasteiger partial charge in [0.15, 0.2) is 0 Å². The fourth-order valence-electron chi connectivity index (χ4n) is 1.81. The molecule has 1 heterocycles. The summed E-state index contributed by atoms with van der Waals surface area (Å²) in [6, 6.07) is 12.7. The number of rotatable bonds is 2. The molecule has 1 nitrogen and oxygen atoms in total. The van der Waals surface area contributed by atoms with Gasteiger partial charge in [-0.2, -0.15) is 4.57 Å². The summed E-state index contributed by atoms with van der Waals surface area (Å²) in [5.41, 5.74) is 2.44. The Bertz CT molecular complexity index is 472. The van der Waals surface area contributed by atoms with E-state index < -0.39 is 0 Å². The van der Waals surface area contributed by atoms with E-state index in [1.165, 1.54) is 16.6 Å². The molecule has 0 unspecified atom stereocenters. The Morgan fingerprint density at radius 3 is 2.71 bits per heavy atom. The second-order valence-electron chi connectivity index (χ2n) is 3.27. The molecule has 2 aromatic rings. The predicted octanol–water partition coefficient (Wildman–Crippen LogP) is 2.79. The van der Waals surface area contributed by atoms with Crippen molar-refractivity contribution < 1.29 is 4.57 Å². The molecular formula is C13H14N+. The Morgan fingerprint density at radius 1 is 1.21 bits per heavy atom. The van der Waals surface area contributed by atoms with E-state index in [2.05, 4.69) is 54.5 Å². The number of aryl methyl sites for hydroxylation is 1. The topological polar surface area (TPSA) is 3.88 Å². The molecule has 14 heavy (non-hydrogen) atoms. The second kappa shape index (κ2) is 3.62. The van der Waals surface area contributed by atoms with Crippen LogP contribution in [0.4, 0.5) is 0 Å². The molecule has 0 bridgehead atoms. The lowest BCUT2D eigenvalue weighted by atomic mass is 10.2. The van der Waals surface area contributed by atoms with Crippen LogP contribution in [0.1, 0.15) is 12.6 Å². The third-order valence-corrected chi connectivity index (χ3v) is 2.50. The van der Waals surface area contributed by atoms with E-state index in [0.717, 1.165) is 6.54 Å². The van der Waals surface area contributed by atoms with Gasteiger partial charge < -0.3 is 0 Å². The fourth-order valence-corrected chi connectivity index (χ4v) is 1.81. The molecule has 0 N–H and O–H groups in total. The molecule has 1 aromatic carbocycles. The molecule has 2 rings (SSSR count). The summed E-state index contributed by atoms with van der Waals surface area (Å²) in [5.74, 6) is 0. The second-order valence-corrected chi connectivity index (χ2v) is 3.27. The quantitative estimate of drug-likeness (QED) is 0.632. The Morgan fingerprint density at radius 2 is 2.00 bits per heavy atom. The lowest BCUT2D eigenvalue weighted by Crippen LogP contribution is -2.36. The van der Waals surface area contributed by atoms with Crippen molar-refractivity contribution >= 4 is 17.0 Å². The molecule has 0 spiro atoms. The van der Waals surface area contributed by atoms with Gasteiger partial charge in [0.1, 0.15) is 6.54 Å². The number of benzene rings is 1. The molecule has 1 heteroatoms. The molecule has 0 fully saturated rings. The summed E-state index contributed by atoms with van der Waals surface area (Å²) in [6.07, 6.45) is 1.90. The summed E-state index contributed by atoms with van der Waals surface area (Å²) >= 11 is 0. The van der Waals surface area contributed by atoms with E-state index in [1.807, 2.05) is 6.08 Å². The van der Waals surface area contributed by atoms with E-state index in [9.17, 15) is 0 Å². The predicted molar refractivity (Wildman–Crippen MR) is 59.9 cm³/mol. The summed E-state index contributed by atoms with van der Waals surface area (Å²) in [4.78, 5) is 0. The number of hydrogen-bond donors (Lipinski definition) is 0. The zero-order valence-electron chi connectivity index (χ0n) is 8.40. The smallest absolute Gasteiger partial charge is 0.192 e. The van der Waals surface area contributed by atoms with Crippen molar-refractivity contribution in [2.75, 3.05) is 0 Å². The normalized spacial score (nSPS) is 10.4. The maximum absolute atomic E-state index is 3.83. The van der Waals surface area contributed by atoms with Crippen molar-refractivity contribution in [1.82, 2.24) is 0 Å². The molecule has 0 aliphatic heterocycles. The molecule has 0 aliphatic carbocycles. The van der Waals surface area contributed by atoms with Gasteiger partial charge in [-0.3, -0.25) is 0 Å². The summed E-state index contributed by atoms with van der Waals surface area (Å²) < 4.78 is 2.27. The standard InChI is InChI=1S/C13H14N/c1-3-12-10-9-11-7-5-6-8-13(11)14(12)4-2/h3,5-10H,1,4H2,2H3/q+1. The van der Waals surface area contributed by atoms with Crippen molar-refractivity contribution in [1.29, 1.82) is 0 Å². The zero-order chi connectivity index (χ0) is 9.97. The van der Waals surface area contributed by atoms with Crippen LogP contribution in [0.5, 0.6) is 0 Å². The summed E-state index contributed by atoms with van der Waals surface area (Å²) in [7, 11) is 0. The highest BCUT2D eigenvalue weighted by Gasteiger charge is 2.09. The maximum atomic E-state index is 3.83. The molecule has 0 aliphatic rings. The van der Waals surface area contributed by atoms with Crippen LogP contribution in [0, 0.1) is 0 Å². The van der Waals surface area contributed by atoms with Gasteiger partial charge in [0.25, 0.3) is 0 Å². The van der Waals surface area contributed by atoms with Crippen LogP contribution >= 0.6 is 0 Å². The monoisotopic (exact) mass is 184 g/mol. The van der Waals surface area contributed by atoms with Gasteiger partial charge in [0.05, 0.1) is 0 Å². The first-order valence-electron chi connectivity index (χ1n) is 4.91. The molecule has 0 saturated carbocycles. The molecule has 0 atom stereocenters. The average Bonchev–Trinajstić information content (AvgIpc) is 2.27. The molecular weight excluding hydrogens is 170 g/mol.